The molecule has 0 atom stereocenters. The molecular formula is C8H7NO4S. The highest BCUT2D eigenvalue weighted by Crippen LogP contribution is 2.09. The van der Waals surface area contributed by atoms with Crippen molar-refractivity contribution in [2.24, 2.45) is 4.40 Å². The maximum atomic E-state index is 11.3. The van der Waals surface area contributed by atoms with Crippen LogP contribution in [0.2, 0.25) is 0 Å². The summed E-state index contributed by atoms with van der Waals surface area (Å²) in [5, 5.41) is 8.21. The number of carbonyl (C=O) groups is 1. The van der Waals surface area contributed by atoms with Gasteiger partial charge in [-0.05, 0) is 12.1 Å². The molecule has 0 fully saturated rings. The quantitative estimate of drug-likeness (QED) is 0.742. The standard InChI is InChI=1S/C8H7NO4S/c10-8(11)6-9-14(12,13)7-4-2-1-3-5-7/h1-6H,(H,10,11)/b9-6+. The van der Waals surface area contributed by atoms with Crippen LogP contribution in [0, 0.1) is 0 Å². The van der Waals surface area contributed by atoms with Gasteiger partial charge in [-0.25, -0.2) is 4.79 Å². The summed E-state index contributed by atoms with van der Waals surface area (Å²) in [5.74, 6) is -1.40. The van der Waals surface area contributed by atoms with Crippen LogP contribution in [0.15, 0.2) is 39.6 Å². The Morgan fingerprint density at radius 1 is 1.29 bits per heavy atom. The Morgan fingerprint density at radius 2 is 1.86 bits per heavy atom. The van der Waals surface area contributed by atoms with Gasteiger partial charge in [0.1, 0.15) is 6.21 Å². The van der Waals surface area contributed by atoms with Crippen molar-refractivity contribution >= 4 is 22.2 Å². The van der Waals surface area contributed by atoms with Crippen molar-refractivity contribution in [2.45, 2.75) is 4.90 Å². The smallest absolute Gasteiger partial charge is 0.347 e. The molecule has 1 aromatic rings. The lowest BCUT2D eigenvalue weighted by Crippen LogP contribution is -2.01. The van der Waals surface area contributed by atoms with Crippen LogP contribution in [0.3, 0.4) is 0 Å². The first-order valence-electron chi connectivity index (χ1n) is 3.61. The monoisotopic (exact) mass is 213 g/mol. The minimum atomic E-state index is -3.87. The minimum absolute atomic E-state index is 0.0301. The summed E-state index contributed by atoms with van der Waals surface area (Å²) in [4.78, 5) is 10.0. The summed E-state index contributed by atoms with van der Waals surface area (Å²) in [5.41, 5.74) is 0. The predicted molar refractivity (Wildman–Crippen MR) is 49.8 cm³/mol. The highest BCUT2D eigenvalue weighted by Gasteiger charge is 2.10. The Morgan fingerprint density at radius 3 is 2.36 bits per heavy atom. The molecule has 74 valence electrons. The highest BCUT2D eigenvalue weighted by molar-refractivity contribution is 7.90. The average Bonchev–Trinajstić information content (AvgIpc) is 2.16. The second-order valence-corrected chi connectivity index (χ2v) is 3.99. The molecule has 0 unspecified atom stereocenters. The van der Waals surface area contributed by atoms with E-state index in [1.54, 1.807) is 6.07 Å². The molecule has 0 aliphatic heterocycles. The Kier molecular flexibility index (Phi) is 2.98. The van der Waals surface area contributed by atoms with Gasteiger partial charge in [-0.1, -0.05) is 18.2 Å². The van der Waals surface area contributed by atoms with Gasteiger partial charge < -0.3 is 5.11 Å². The predicted octanol–water partition coefficient (Wildman–Crippen LogP) is 0.531. The first kappa shape index (κ1) is 10.4. The zero-order valence-electron chi connectivity index (χ0n) is 6.99. The van der Waals surface area contributed by atoms with E-state index >= 15 is 0 Å². The van der Waals surface area contributed by atoms with Gasteiger partial charge in [0.25, 0.3) is 10.0 Å². The first-order chi connectivity index (χ1) is 6.52. The van der Waals surface area contributed by atoms with Crippen molar-refractivity contribution in [1.29, 1.82) is 0 Å². The lowest BCUT2D eigenvalue weighted by atomic mass is 10.4. The second kappa shape index (κ2) is 4.01. The van der Waals surface area contributed by atoms with Gasteiger partial charge in [0.2, 0.25) is 0 Å². The van der Waals surface area contributed by atoms with Gasteiger partial charge in [0.15, 0.2) is 0 Å². The van der Waals surface area contributed by atoms with Crippen LogP contribution in [-0.2, 0) is 14.8 Å². The molecule has 5 nitrogen and oxygen atoms in total. The SMILES string of the molecule is O=C(O)/C=N/S(=O)(=O)c1ccccc1. The first-order valence-corrected chi connectivity index (χ1v) is 5.05. The summed E-state index contributed by atoms with van der Waals surface area (Å²) in [7, 11) is -3.87. The molecule has 1 aromatic carbocycles. The fraction of sp³-hybridized carbons (Fsp3) is 0. The normalized spacial score (nSPS) is 11.7. The molecule has 6 heteroatoms. The van der Waals surface area contributed by atoms with Crippen molar-refractivity contribution in [1.82, 2.24) is 0 Å². The highest BCUT2D eigenvalue weighted by atomic mass is 32.2. The lowest BCUT2D eigenvalue weighted by Gasteiger charge is -1.95. The van der Waals surface area contributed by atoms with E-state index < -0.39 is 16.0 Å². The Balaban J connectivity index is 3.05. The Hall–Kier alpha value is -1.69. The van der Waals surface area contributed by atoms with Gasteiger partial charge in [0.05, 0.1) is 4.90 Å². The van der Waals surface area contributed by atoms with E-state index in [1.807, 2.05) is 0 Å². The van der Waals surface area contributed by atoms with Crippen LogP contribution in [-0.4, -0.2) is 25.7 Å². The summed E-state index contributed by atoms with van der Waals surface area (Å²) < 4.78 is 25.5. The van der Waals surface area contributed by atoms with Gasteiger partial charge in [-0.3, -0.25) is 0 Å². The zero-order chi connectivity index (χ0) is 10.6. The van der Waals surface area contributed by atoms with Crippen LogP contribution >= 0.6 is 0 Å². The average molecular weight is 213 g/mol. The van der Waals surface area contributed by atoms with E-state index in [1.165, 1.54) is 24.3 Å². The molecule has 0 bridgehead atoms. The third-order valence-corrected chi connectivity index (χ3v) is 2.59. The largest absolute Gasteiger partial charge is 0.477 e. The van der Waals surface area contributed by atoms with E-state index in [4.69, 9.17) is 5.11 Å². The molecule has 0 radical (unpaired) electrons. The van der Waals surface area contributed by atoms with Crippen LogP contribution in [0.1, 0.15) is 0 Å². The number of hydrogen-bond donors (Lipinski definition) is 1. The molecule has 0 saturated heterocycles. The van der Waals surface area contributed by atoms with Crippen molar-refractivity contribution in [3.05, 3.63) is 30.3 Å². The number of carboxylic acids is 1. The third-order valence-electron chi connectivity index (χ3n) is 1.34. The lowest BCUT2D eigenvalue weighted by molar-refractivity contribution is -0.128. The van der Waals surface area contributed by atoms with Crippen molar-refractivity contribution < 1.29 is 18.3 Å². The molecular weight excluding hydrogens is 206 g/mol. The van der Waals surface area contributed by atoms with Crippen LogP contribution in [0.4, 0.5) is 0 Å². The summed E-state index contributed by atoms with van der Waals surface area (Å²) >= 11 is 0. The Bertz CT molecular complexity index is 449. The molecule has 0 heterocycles. The molecule has 1 N–H and O–H groups in total. The Labute approximate surface area is 80.8 Å². The summed E-state index contributed by atoms with van der Waals surface area (Å²) in [6.45, 7) is 0. The third kappa shape index (κ3) is 2.67. The molecule has 14 heavy (non-hydrogen) atoms. The summed E-state index contributed by atoms with van der Waals surface area (Å²) in [6.07, 6.45) is 0.350. The number of carboxylic acid groups (broad SMARTS) is 1. The van der Waals surface area contributed by atoms with Gasteiger partial charge >= 0.3 is 5.97 Å². The van der Waals surface area contributed by atoms with E-state index in [9.17, 15) is 13.2 Å². The van der Waals surface area contributed by atoms with E-state index in [0.717, 1.165) is 0 Å². The zero-order valence-corrected chi connectivity index (χ0v) is 7.81. The number of aliphatic carboxylic acids is 1. The van der Waals surface area contributed by atoms with Crippen molar-refractivity contribution in [2.75, 3.05) is 0 Å². The van der Waals surface area contributed by atoms with Gasteiger partial charge in [-0.15, -0.1) is 0 Å². The number of benzene rings is 1. The van der Waals surface area contributed by atoms with Crippen LogP contribution in [0.25, 0.3) is 0 Å². The van der Waals surface area contributed by atoms with Crippen LogP contribution in [0.5, 0.6) is 0 Å². The molecule has 0 amide bonds. The molecule has 0 aliphatic carbocycles. The van der Waals surface area contributed by atoms with Gasteiger partial charge in [0, 0.05) is 0 Å². The fourth-order valence-corrected chi connectivity index (χ4v) is 1.62. The number of rotatable bonds is 3. The molecule has 0 aliphatic rings. The second-order valence-electron chi connectivity index (χ2n) is 2.36. The maximum absolute atomic E-state index is 11.3. The molecule has 0 spiro atoms. The summed E-state index contributed by atoms with van der Waals surface area (Å²) in [6, 6.07) is 7.40. The number of sulfonamides is 1. The molecule has 1 rings (SSSR count). The van der Waals surface area contributed by atoms with Gasteiger partial charge in [-0.2, -0.15) is 12.8 Å². The number of nitrogens with zero attached hydrogens (tertiary/aromatic N) is 1. The van der Waals surface area contributed by atoms with Crippen molar-refractivity contribution in [3.63, 3.8) is 0 Å². The fourth-order valence-electron chi connectivity index (χ4n) is 0.768. The van der Waals surface area contributed by atoms with E-state index in [2.05, 4.69) is 4.40 Å². The topological polar surface area (TPSA) is 83.8 Å². The number of hydrogen-bond acceptors (Lipinski definition) is 3. The van der Waals surface area contributed by atoms with Crippen molar-refractivity contribution in [3.8, 4) is 0 Å². The van der Waals surface area contributed by atoms with E-state index in [0.29, 0.717) is 6.21 Å². The van der Waals surface area contributed by atoms with Crippen LogP contribution < -0.4 is 0 Å². The maximum Gasteiger partial charge on any atom is 0.347 e. The molecule has 0 saturated carbocycles. The molecule has 0 aromatic heterocycles. The minimum Gasteiger partial charge on any atom is -0.477 e. The van der Waals surface area contributed by atoms with E-state index in [-0.39, 0.29) is 4.90 Å².